The van der Waals surface area contributed by atoms with E-state index >= 15 is 0 Å². The summed E-state index contributed by atoms with van der Waals surface area (Å²) in [6, 6.07) is 7.56. The molecule has 1 aromatic carbocycles. The van der Waals surface area contributed by atoms with E-state index in [1.165, 1.54) is 37.8 Å². The molecule has 1 N–H and O–H groups in total. The third kappa shape index (κ3) is 3.69. The lowest BCUT2D eigenvalue weighted by Crippen LogP contribution is -2.38. The fraction of sp³-hybridized carbons (Fsp3) is 0.647. The number of nitrogens with one attached hydrogen (secondary N) is 1. The molecule has 1 aliphatic carbocycles. The summed E-state index contributed by atoms with van der Waals surface area (Å²) >= 11 is 0. The lowest BCUT2D eigenvalue weighted by atomic mass is 10.1. The molecule has 1 saturated heterocycles. The van der Waals surface area contributed by atoms with Crippen molar-refractivity contribution in [1.82, 2.24) is 10.2 Å². The molecular weight excluding hydrogens is 264 g/mol. The first-order valence-electron chi connectivity index (χ1n) is 7.98. The molecule has 4 nitrogen and oxygen atoms in total. The van der Waals surface area contributed by atoms with Crippen LogP contribution in [-0.4, -0.2) is 44.3 Å². The van der Waals surface area contributed by atoms with E-state index in [4.69, 9.17) is 9.47 Å². The zero-order valence-electron chi connectivity index (χ0n) is 13.1. The molecular formula is C17H26N2O2. The molecule has 116 valence electrons. The van der Waals surface area contributed by atoms with Crippen LogP contribution in [0.5, 0.6) is 11.5 Å². The van der Waals surface area contributed by atoms with Gasteiger partial charge in [0.25, 0.3) is 0 Å². The van der Waals surface area contributed by atoms with Gasteiger partial charge >= 0.3 is 0 Å². The summed E-state index contributed by atoms with van der Waals surface area (Å²) in [5.74, 6) is 1.78. The number of benzene rings is 1. The van der Waals surface area contributed by atoms with Crippen molar-refractivity contribution in [2.45, 2.75) is 44.3 Å². The molecule has 0 radical (unpaired) electrons. The van der Waals surface area contributed by atoms with Crippen LogP contribution < -0.4 is 14.8 Å². The standard InChI is InChI=1S/C17H26N2O2/c1-20-16-8-5-13(17(10-16)21-2)11-19(15-6-7-15)12-14-4-3-9-18-14/h5,8,10,14-15,18H,3-4,6-7,9,11-12H2,1-2H3. The van der Waals surface area contributed by atoms with Crippen LogP contribution in [0, 0.1) is 0 Å². The minimum atomic E-state index is 0.662. The Balaban J connectivity index is 1.69. The second-order valence-electron chi connectivity index (χ2n) is 6.13. The highest BCUT2D eigenvalue weighted by molar-refractivity contribution is 5.40. The molecule has 0 spiro atoms. The Morgan fingerprint density at radius 1 is 1.19 bits per heavy atom. The number of methoxy groups -OCH3 is 2. The van der Waals surface area contributed by atoms with Gasteiger partial charge in [0.2, 0.25) is 0 Å². The molecule has 4 heteroatoms. The van der Waals surface area contributed by atoms with Gasteiger partial charge in [0.05, 0.1) is 14.2 Å². The number of hydrogen-bond acceptors (Lipinski definition) is 4. The Morgan fingerprint density at radius 2 is 2.05 bits per heavy atom. The van der Waals surface area contributed by atoms with Crippen molar-refractivity contribution >= 4 is 0 Å². The first-order chi connectivity index (χ1) is 10.3. The summed E-state index contributed by atoms with van der Waals surface area (Å²) in [7, 11) is 3.43. The highest BCUT2D eigenvalue weighted by Gasteiger charge is 2.31. The molecule has 1 aromatic rings. The summed E-state index contributed by atoms with van der Waals surface area (Å²) in [6.45, 7) is 3.30. The second kappa shape index (κ2) is 6.67. The Kier molecular flexibility index (Phi) is 4.66. The third-order valence-electron chi connectivity index (χ3n) is 4.55. The average molecular weight is 290 g/mol. The summed E-state index contributed by atoms with van der Waals surface area (Å²) in [6.07, 6.45) is 5.30. The van der Waals surface area contributed by atoms with Crippen molar-refractivity contribution in [1.29, 1.82) is 0 Å². The van der Waals surface area contributed by atoms with Crippen LogP contribution in [0.4, 0.5) is 0 Å². The molecule has 0 aromatic heterocycles. The first kappa shape index (κ1) is 14.7. The fourth-order valence-electron chi connectivity index (χ4n) is 3.18. The van der Waals surface area contributed by atoms with Crippen LogP contribution >= 0.6 is 0 Å². The van der Waals surface area contributed by atoms with Crippen molar-refractivity contribution in [3.8, 4) is 11.5 Å². The van der Waals surface area contributed by atoms with E-state index < -0.39 is 0 Å². The minimum Gasteiger partial charge on any atom is -0.497 e. The molecule has 1 unspecified atom stereocenters. The summed E-state index contributed by atoms with van der Waals surface area (Å²) in [5.41, 5.74) is 1.25. The zero-order valence-corrected chi connectivity index (χ0v) is 13.1. The number of hydrogen-bond donors (Lipinski definition) is 1. The van der Waals surface area contributed by atoms with Gasteiger partial charge in [0.1, 0.15) is 11.5 Å². The van der Waals surface area contributed by atoms with Crippen LogP contribution in [0.1, 0.15) is 31.2 Å². The zero-order chi connectivity index (χ0) is 14.7. The third-order valence-corrected chi connectivity index (χ3v) is 4.55. The van der Waals surface area contributed by atoms with Crippen LogP contribution in [0.2, 0.25) is 0 Å². The SMILES string of the molecule is COc1ccc(CN(CC2CCCN2)C2CC2)c(OC)c1. The van der Waals surface area contributed by atoms with E-state index in [1.54, 1.807) is 14.2 Å². The van der Waals surface area contributed by atoms with E-state index in [1.807, 2.05) is 12.1 Å². The molecule has 1 heterocycles. The van der Waals surface area contributed by atoms with E-state index in [9.17, 15) is 0 Å². The summed E-state index contributed by atoms with van der Waals surface area (Å²) in [5, 5.41) is 3.61. The van der Waals surface area contributed by atoms with Gasteiger partial charge < -0.3 is 14.8 Å². The molecule has 1 atom stereocenters. The van der Waals surface area contributed by atoms with E-state index in [2.05, 4.69) is 16.3 Å². The first-order valence-corrected chi connectivity index (χ1v) is 7.98. The van der Waals surface area contributed by atoms with Gasteiger partial charge in [0, 0.05) is 36.8 Å². The Labute approximate surface area is 127 Å². The minimum absolute atomic E-state index is 0.662. The average Bonchev–Trinajstić information content (AvgIpc) is 3.24. The molecule has 3 rings (SSSR count). The van der Waals surface area contributed by atoms with Crippen LogP contribution in [0.25, 0.3) is 0 Å². The Bertz CT molecular complexity index is 468. The fourth-order valence-corrected chi connectivity index (χ4v) is 3.18. The van der Waals surface area contributed by atoms with Gasteiger partial charge in [-0.05, 0) is 38.3 Å². The normalized spacial score (nSPS) is 21.8. The van der Waals surface area contributed by atoms with Crippen molar-refractivity contribution in [2.75, 3.05) is 27.3 Å². The van der Waals surface area contributed by atoms with Crippen molar-refractivity contribution in [2.24, 2.45) is 0 Å². The monoisotopic (exact) mass is 290 g/mol. The maximum atomic E-state index is 5.54. The topological polar surface area (TPSA) is 33.7 Å². The van der Waals surface area contributed by atoms with Gasteiger partial charge in [-0.3, -0.25) is 4.90 Å². The highest BCUT2D eigenvalue weighted by atomic mass is 16.5. The quantitative estimate of drug-likeness (QED) is 0.836. The molecule has 2 aliphatic rings. The predicted octanol–water partition coefficient (Wildman–Crippen LogP) is 2.42. The Hall–Kier alpha value is -1.26. The molecule has 21 heavy (non-hydrogen) atoms. The molecule has 0 bridgehead atoms. The molecule has 2 fully saturated rings. The number of ether oxygens (including phenoxy) is 2. The van der Waals surface area contributed by atoms with Gasteiger partial charge in [-0.1, -0.05) is 6.07 Å². The highest BCUT2D eigenvalue weighted by Crippen LogP contribution is 2.32. The van der Waals surface area contributed by atoms with E-state index in [0.29, 0.717) is 6.04 Å². The molecule has 1 saturated carbocycles. The summed E-state index contributed by atoms with van der Waals surface area (Å²) in [4.78, 5) is 2.62. The van der Waals surface area contributed by atoms with Crippen LogP contribution in [-0.2, 0) is 6.54 Å². The van der Waals surface area contributed by atoms with Gasteiger partial charge in [-0.15, -0.1) is 0 Å². The largest absolute Gasteiger partial charge is 0.497 e. The summed E-state index contributed by atoms with van der Waals surface area (Å²) < 4.78 is 10.8. The van der Waals surface area contributed by atoms with Crippen LogP contribution in [0.15, 0.2) is 18.2 Å². The van der Waals surface area contributed by atoms with E-state index in [0.717, 1.165) is 30.6 Å². The van der Waals surface area contributed by atoms with Crippen molar-refractivity contribution in [3.05, 3.63) is 23.8 Å². The molecule has 1 aliphatic heterocycles. The van der Waals surface area contributed by atoms with Crippen molar-refractivity contribution < 1.29 is 9.47 Å². The van der Waals surface area contributed by atoms with E-state index in [-0.39, 0.29) is 0 Å². The maximum Gasteiger partial charge on any atom is 0.127 e. The lowest BCUT2D eigenvalue weighted by Gasteiger charge is -2.26. The maximum absolute atomic E-state index is 5.54. The molecule has 0 amide bonds. The van der Waals surface area contributed by atoms with Crippen LogP contribution in [0.3, 0.4) is 0 Å². The lowest BCUT2D eigenvalue weighted by molar-refractivity contribution is 0.228. The van der Waals surface area contributed by atoms with Gasteiger partial charge in [-0.2, -0.15) is 0 Å². The Morgan fingerprint density at radius 3 is 2.67 bits per heavy atom. The number of rotatable bonds is 7. The van der Waals surface area contributed by atoms with Crippen molar-refractivity contribution in [3.63, 3.8) is 0 Å². The van der Waals surface area contributed by atoms with Gasteiger partial charge in [0.15, 0.2) is 0 Å². The van der Waals surface area contributed by atoms with Gasteiger partial charge in [-0.25, -0.2) is 0 Å². The smallest absolute Gasteiger partial charge is 0.127 e. The second-order valence-corrected chi connectivity index (χ2v) is 6.13. The predicted molar refractivity (Wildman–Crippen MR) is 84.0 cm³/mol. The number of nitrogens with zero attached hydrogens (tertiary/aromatic N) is 1.